The second-order valence-electron chi connectivity index (χ2n) is 6.02. The zero-order valence-corrected chi connectivity index (χ0v) is 11.1. The number of ketones is 1. The zero-order chi connectivity index (χ0) is 13.6. The third kappa shape index (κ3) is 2.21. The van der Waals surface area contributed by atoms with Crippen LogP contribution in [0.25, 0.3) is 11.3 Å². The Hall–Kier alpha value is -1.90. The molecule has 0 saturated heterocycles. The summed E-state index contributed by atoms with van der Waals surface area (Å²) in [7, 11) is 0. The van der Waals surface area contributed by atoms with Crippen molar-refractivity contribution in [2.24, 2.45) is 5.41 Å². The van der Waals surface area contributed by atoms with E-state index in [-0.39, 0.29) is 17.0 Å². The third-order valence-electron chi connectivity index (χ3n) is 3.65. The predicted molar refractivity (Wildman–Crippen MR) is 72.6 cm³/mol. The number of carbonyl (C=O) groups excluding carboxylic acids is 1. The van der Waals surface area contributed by atoms with Gasteiger partial charge >= 0.3 is 0 Å². The number of H-pyrrole nitrogens is 1. The number of halogens is 1. The molecule has 3 heteroatoms. The number of hydrogen-bond acceptors (Lipinski definition) is 1. The van der Waals surface area contributed by atoms with Crippen LogP contribution in [0.2, 0.25) is 0 Å². The molecule has 0 atom stereocenters. The van der Waals surface area contributed by atoms with Gasteiger partial charge in [0.25, 0.3) is 0 Å². The molecule has 1 N–H and O–H groups in total. The summed E-state index contributed by atoms with van der Waals surface area (Å²) in [6, 6.07) is 8.20. The molecule has 1 aromatic carbocycles. The highest BCUT2D eigenvalue weighted by atomic mass is 19.1. The first kappa shape index (κ1) is 12.2. The summed E-state index contributed by atoms with van der Waals surface area (Å²) in [6.07, 6.45) is 1.45. The van der Waals surface area contributed by atoms with Gasteiger partial charge in [-0.3, -0.25) is 4.79 Å². The summed E-state index contributed by atoms with van der Waals surface area (Å²) in [6.45, 7) is 4.21. The molecule has 2 nitrogen and oxygen atoms in total. The predicted octanol–water partition coefficient (Wildman–Crippen LogP) is 3.98. The standard InChI is InChI=1S/C16H16FNO/c1-16(2)8-14-12(15(19)9-16)7-13(18-14)10-3-5-11(17)6-4-10/h3-7,18H,8-9H2,1-2H3. The molecule has 0 saturated carbocycles. The summed E-state index contributed by atoms with van der Waals surface area (Å²) in [4.78, 5) is 15.4. The number of carbonyl (C=O) groups is 1. The lowest BCUT2D eigenvalue weighted by Crippen LogP contribution is -2.26. The summed E-state index contributed by atoms with van der Waals surface area (Å²) in [5.74, 6) is -0.0619. The van der Waals surface area contributed by atoms with Gasteiger partial charge < -0.3 is 4.98 Å². The highest BCUT2D eigenvalue weighted by molar-refractivity contribution is 6.00. The second kappa shape index (κ2) is 4.05. The molecule has 0 amide bonds. The van der Waals surface area contributed by atoms with Gasteiger partial charge in [0, 0.05) is 23.4 Å². The Bertz CT molecular complexity index is 637. The molecule has 3 rings (SSSR count). The van der Waals surface area contributed by atoms with E-state index in [0.29, 0.717) is 6.42 Å². The van der Waals surface area contributed by atoms with E-state index < -0.39 is 0 Å². The first-order valence-electron chi connectivity index (χ1n) is 6.46. The first-order valence-corrected chi connectivity index (χ1v) is 6.46. The monoisotopic (exact) mass is 257 g/mol. The number of Topliss-reactive ketones (excluding diaryl/α,β-unsaturated/α-hetero) is 1. The van der Waals surface area contributed by atoms with Crippen LogP contribution in [-0.2, 0) is 6.42 Å². The number of aromatic nitrogens is 1. The Labute approximate surface area is 111 Å². The molecule has 1 aliphatic rings. The van der Waals surface area contributed by atoms with Crippen molar-refractivity contribution in [3.8, 4) is 11.3 Å². The Morgan fingerprint density at radius 1 is 1.16 bits per heavy atom. The molecule has 2 aromatic rings. The van der Waals surface area contributed by atoms with Gasteiger partial charge in [-0.15, -0.1) is 0 Å². The van der Waals surface area contributed by atoms with Crippen molar-refractivity contribution in [3.63, 3.8) is 0 Å². The lowest BCUT2D eigenvalue weighted by atomic mass is 9.76. The zero-order valence-electron chi connectivity index (χ0n) is 11.1. The van der Waals surface area contributed by atoms with Crippen LogP contribution < -0.4 is 0 Å². The normalized spacial score (nSPS) is 17.3. The second-order valence-corrected chi connectivity index (χ2v) is 6.02. The molecular formula is C16H16FNO. The molecule has 1 heterocycles. The summed E-state index contributed by atoms with van der Waals surface area (Å²) >= 11 is 0. The van der Waals surface area contributed by atoms with E-state index in [2.05, 4.69) is 18.8 Å². The number of aromatic amines is 1. The van der Waals surface area contributed by atoms with Gasteiger partial charge in [-0.1, -0.05) is 13.8 Å². The molecule has 0 radical (unpaired) electrons. The Morgan fingerprint density at radius 3 is 2.53 bits per heavy atom. The molecule has 19 heavy (non-hydrogen) atoms. The fraction of sp³-hybridized carbons (Fsp3) is 0.312. The van der Waals surface area contributed by atoms with Crippen LogP contribution in [0.15, 0.2) is 30.3 Å². The van der Waals surface area contributed by atoms with Gasteiger partial charge in [-0.25, -0.2) is 4.39 Å². The minimum atomic E-state index is -0.253. The number of nitrogens with one attached hydrogen (secondary N) is 1. The SMILES string of the molecule is CC1(C)CC(=O)c2cc(-c3ccc(F)cc3)[nH]c2C1. The van der Waals surface area contributed by atoms with Crippen LogP contribution in [-0.4, -0.2) is 10.8 Å². The average Bonchev–Trinajstić information content (AvgIpc) is 2.72. The van der Waals surface area contributed by atoms with E-state index >= 15 is 0 Å². The maximum atomic E-state index is 12.9. The molecule has 0 bridgehead atoms. The molecular weight excluding hydrogens is 241 g/mol. The maximum absolute atomic E-state index is 12.9. The molecule has 1 aliphatic carbocycles. The minimum absolute atomic E-state index is 0.00893. The van der Waals surface area contributed by atoms with Crippen LogP contribution in [0.5, 0.6) is 0 Å². The topological polar surface area (TPSA) is 32.9 Å². The van der Waals surface area contributed by atoms with Crippen molar-refractivity contribution < 1.29 is 9.18 Å². The van der Waals surface area contributed by atoms with Crippen LogP contribution >= 0.6 is 0 Å². The molecule has 1 aromatic heterocycles. The molecule has 0 aliphatic heterocycles. The van der Waals surface area contributed by atoms with Gasteiger partial charge in [0.05, 0.1) is 0 Å². The summed E-state index contributed by atoms with van der Waals surface area (Å²) in [5, 5.41) is 0. The molecule has 0 fully saturated rings. The number of rotatable bonds is 1. The molecule has 0 spiro atoms. The van der Waals surface area contributed by atoms with Gasteiger partial charge in [0.1, 0.15) is 5.82 Å². The Kier molecular flexibility index (Phi) is 2.59. The van der Waals surface area contributed by atoms with Gasteiger partial charge in [0.2, 0.25) is 0 Å². The Balaban J connectivity index is 2.03. The quantitative estimate of drug-likeness (QED) is 0.823. The summed E-state index contributed by atoms with van der Waals surface area (Å²) in [5.41, 5.74) is 3.59. The lowest BCUT2D eigenvalue weighted by Gasteiger charge is -2.27. The largest absolute Gasteiger partial charge is 0.358 e. The Morgan fingerprint density at radius 2 is 1.84 bits per heavy atom. The van der Waals surface area contributed by atoms with Crippen molar-refractivity contribution in [3.05, 3.63) is 47.4 Å². The van der Waals surface area contributed by atoms with Gasteiger partial charge in [-0.05, 0) is 47.7 Å². The van der Waals surface area contributed by atoms with Crippen LogP contribution in [0.3, 0.4) is 0 Å². The van der Waals surface area contributed by atoms with Crippen LogP contribution in [0.4, 0.5) is 4.39 Å². The van der Waals surface area contributed by atoms with E-state index in [9.17, 15) is 9.18 Å². The molecule has 98 valence electrons. The van der Waals surface area contributed by atoms with Crippen molar-refractivity contribution in [2.45, 2.75) is 26.7 Å². The lowest BCUT2D eigenvalue weighted by molar-refractivity contribution is 0.0912. The minimum Gasteiger partial charge on any atom is -0.358 e. The summed E-state index contributed by atoms with van der Waals surface area (Å²) < 4.78 is 12.9. The molecule has 0 unspecified atom stereocenters. The average molecular weight is 257 g/mol. The van der Waals surface area contributed by atoms with Crippen molar-refractivity contribution >= 4 is 5.78 Å². The van der Waals surface area contributed by atoms with Crippen molar-refractivity contribution in [2.75, 3.05) is 0 Å². The number of fused-ring (bicyclic) bond motifs is 1. The smallest absolute Gasteiger partial charge is 0.165 e. The van der Waals surface area contributed by atoms with E-state index in [1.807, 2.05) is 6.07 Å². The van der Waals surface area contributed by atoms with Crippen molar-refractivity contribution in [1.29, 1.82) is 0 Å². The first-order chi connectivity index (χ1) is 8.94. The van der Waals surface area contributed by atoms with Crippen LogP contribution in [0.1, 0.15) is 36.3 Å². The third-order valence-corrected chi connectivity index (χ3v) is 3.65. The fourth-order valence-corrected chi connectivity index (χ4v) is 2.74. The number of hydrogen-bond donors (Lipinski definition) is 1. The van der Waals surface area contributed by atoms with Crippen molar-refractivity contribution in [1.82, 2.24) is 4.98 Å². The highest BCUT2D eigenvalue weighted by Gasteiger charge is 2.32. The number of benzene rings is 1. The highest BCUT2D eigenvalue weighted by Crippen LogP contribution is 2.36. The van der Waals surface area contributed by atoms with E-state index in [1.165, 1.54) is 12.1 Å². The van der Waals surface area contributed by atoms with Gasteiger partial charge in [0.15, 0.2) is 5.78 Å². The van der Waals surface area contributed by atoms with Gasteiger partial charge in [-0.2, -0.15) is 0 Å². The van der Waals surface area contributed by atoms with E-state index in [1.54, 1.807) is 12.1 Å². The van der Waals surface area contributed by atoms with E-state index in [0.717, 1.165) is 28.9 Å². The maximum Gasteiger partial charge on any atom is 0.165 e. The fourth-order valence-electron chi connectivity index (χ4n) is 2.74. The van der Waals surface area contributed by atoms with Crippen LogP contribution in [0, 0.1) is 11.2 Å². The van der Waals surface area contributed by atoms with E-state index in [4.69, 9.17) is 0 Å².